The van der Waals surface area contributed by atoms with Crippen molar-refractivity contribution in [3.05, 3.63) is 57.7 Å². The second-order valence-corrected chi connectivity index (χ2v) is 9.62. The Balaban J connectivity index is 1.92. The zero-order valence-electron chi connectivity index (χ0n) is 14.9. The minimum atomic E-state index is -3.63. The zero-order chi connectivity index (χ0) is 19.6. The third kappa shape index (κ3) is 4.67. The number of nitrogens with one attached hydrogen (secondary N) is 2. The number of halogens is 1. The molecule has 3 rings (SSSR count). The molecule has 0 bridgehead atoms. The Labute approximate surface area is 172 Å². The van der Waals surface area contributed by atoms with E-state index >= 15 is 0 Å². The summed E-state index contributed by atoms with van der Waals surface area (Å²) < 4.78 is 28.0. The number of rotatable bonds is 5. The average Bonchev–Trinajstić information content (AvgIpc) is 2.85. The monoisotopic (exact) mass is 497 g/mol. The molecule has 2 N–H and O–H groups in total. The Morgan fingerprint density at radius 1 is 1.19 bits per heavy atom. The number of amidine groups is 1. The molecule has 1 unspecified atom stereocenters. The van der Waals surface area contributed by atoms with Crippen LogP contribution in [0.2, 0.25) is 0 Å². The van der Waals surface area contributed by atoms with Crippen LogP contribution in [0.25, 0.3) is 0 Å². The summed E-state index contributed by atoms with van der Waals surface area (Å²) >= 11 is 2.18. The van der Waals surface area contributed by atoms with E-state index in [0.29, 0.717) is 17.7 Å². The van der Waals surface area contributed by atoms with Crippen LogP contribution in [0.1, 0.15) is 25.8 Å². The fraction of sp³-hybridized carbons (Fsp3) is 0.263. The summed E-state index contributed by atoms with van der Waals surface area (Å²) in [5.74, 6) is 0.171. The van der Waals surface area contributed by atoms with Gasteiger partial charge in [0.15, 0.2) is 0 Å². The first-order valence-electron chi connectivity index (χ1n) is 8.53. The maximum absolute atomic E-state index is 12.8. The van der Waals surface area contributed by atoms with Crippen LogP contribution in [0.4, 0.5) is 5.69 Å². The molecule has 1 atom stereocenters. The number of fused-ring (bicyclic) bond motifs is 1. The number of carbonyl (C=O) groups excluding carboxylic acids is 1. The van der Waals surface area contributed by atoms with E-state index in [1.807, 2.05) is 38.1 Å². The van der Waals surface area contributed by atoms with Crippen molar-refractivity contribution < 1.29 is 13.2 Å². The fourth-order valence-electron chi connectivity index (χ4n) is 2.84. The van der Waals surface area contributed by atoms with Crippen molar-refractivity contribution in [3.63, 3.8) is 0 Å². The Kier molecular flexibility index (Phi) is 5.85. The largest absolute Gasteiger partial charge is 0.324 e. The molecule has 2 aromatic rings. The van der Waals surface area contributed by atoms with Gasteiger partial charge in [-0.2, -0.15) is 0 Å². The standard InChI is InChI=1S/C19H20IN3O3S/c1-12(2)10-16(19(24)21-14-7-5-6-13(20)11-14)22-18-15-8-3-4-9-17(15)27(25,26)23-18/h3-9,11-12,16H,10H2,1-2H3,(H,21,24)(H,22,23). The number of nitrogens with zero attached hydrogens (tertiary/aromatic N) is 1. The molecule has 142 valence electrons. The number of benzene rings is 2. The molecule has 1 aliphatic rings. The van der Waals surface area contributed by atoms with Crippen LogP contribution < -0.4 is 10.0 Å². The predicted octanol–water partition coefficient (Wildman–Crippen LogP) is 3.38. The van der Waals surface area contributed by atoms with Crippen molar-refractivity contribution in [2.75, 3.05) is 5.32 Å². The van der Waals surface area contributed by atoms with Gasteiger partial charge in [0.1, 0.15) is 11.9 Å². The summed E-state index contributed by atoms with van der Waals surface area (Å²) in [6.45, 7) is 4.00. The molecule has 0 fully saturated rings. The summed E-state index contributed by atoms with van der Waals surface area (Å²) in [5.41, 5.74) is 1.18. The number of hydrogen-bond acceptors (Lipinski definition) is 4. The van der Waals surface area contributed by atoms with Gasteiger partial charge in [-0.05, 0) is 65.3 Å². The molecule has 0 aliphatic carbocycles. The molecular formula is C19H20IN3O3S. The molecule has 2 aromatic carbocycles. The highest BCUT2D eigenvalue weighted by Crippen LogP contribution is 2.24. The number of amides is 1. The lowest BCUT2D eigenvalue weighted by atomic mass is 10.0. The summed E-state index contributed by atoms with van der Waals surface area (Å²) in [6.07, 6.45) is 0.503. The minimum Gasteiger partial charge on any atom is -0.324 e. The van der Waals surface area contributed by atoms with E-state index in [2.05, 4.69) is 37.6 Å². The van der Waals surface area contributed by atoms with E-state index in [4.69, 9.17) is 0 Å². The highest BCUT2D eigenvalue weighted by molar-refractivity contribution is 14.1. The summed E-state index contributed by atoms with van der Waals surface area (Å²) in [6, 6.07) is 13.4. The van der Waals surface area contributed by atoms with Gasteiger partial charge in [-0.1, -0.05) is 32.0 Å². The molecule has 0 saturated heterocycles. The van der Waals surface area contributed by atoms with Crippen LogP contribution in [0.5, 0.6) is 0 Å². The summed E-state index contributed by atoms with van der Waals surface area (Å²) in [7, 11) is -3.63. The van der Waals surface area contributed by atoms with Crippen molar-refractivity contribution in [1.29, 1.82) is 0 Å². The first kappa shape index (κ1) is 19.8. The van der Waals surface area contributed by atoms with E-state index in [1.54, 1.807) is 18.2 Å². The number of aliphatic imine (C=N–C) groups is 1. The fourth-order valence-corrected chi connectivity index (χ4v) is 4.62. The highest BCUT2D eigenvalue weighted by Gasteiger charge is 2.32. The smallest absolute Gasteiger partial charge is 0.263 e. The van der Waals surface area contributed by atoms with Crippen LogP contribution in [0.3, 0.4) is 0 Å². The topological polar surface area (TPSA) is 87.6 Å². The van der Waals surface area contributed by atoms with E-state index in [-0.39, 0.29) is 22.6 Å². The van der Waals surface area contributed by atoms with Gasteiger partial charge in [-0.25, -0.2) is 8.42 Å². The van der Waals surface area contributed by atoms with Gasteiger partial charge in [0, 0.05) is 14.8 Å². The van der Waals surface area contributed by atoms with Crippen molar-refractivity contribution in [2.24, 2.45) is 10.9 Å². The lowest BCUT2D eigenvalue weighted by Crippen LogP contribution is -2.31. The number of carbonyl (C=O) groups is 1. The van der Waals surface area contributed by atoms with E-state index in [1.165, 1.54) is 6.07 Å². The van der Waals surface area contributed by atoms with Gasteiger partial charge in [0.05, 0.1) is 4.90 Å². The highest BCUT2D eigenvalue weighted by atomic mass is 127. The van der Waals surface area contributed by atoms with Crippen LogP contribution in [0, 0.1) is 9.49 Å². The number of hydrogen-bond donors (Lipinski definition) is 2. The van der Waals surface area contributed by atoms with Crippen molar-refractivity contribution in [1.82, 2.24) is 4.72 Å². The van der Waals surface area contributed by atoms with Gasteiger partial charge in [0.2, 0.25) is 5.91 Å². The molecule has 0 radical (unpaired) electrons. The molecule has 6 nitrogen and oxygen atoms in total. The minimum absolute atomic E-state index is 0.185. The maximum Gasteiger partial charge on any atom is 0.263 e. The molecule has 1 aliphatic heterocycles. The van der Waals surface area contributed by atoms with Crippen LogP contribution in [-0.2, 0) is 14.8 Å². The molecule has 0 spiro atoms. The lowest BCUT2D eigenvalue weighted by molar-refractivity contribution is -0.117. The van der Waals surface area contributed by atoms with E-state index in [9.17, 15) is 13.2 Å². The van der Waals surface area contributed by atoms with Crippen LogP contribution in [-0.4, -0.2) is 26.2 Å². The first-order valence-corrected chi connectivity index (χ1v) is 11.1. The molecule has 1 heterocycles. The van der Waals surface area contributed by atoms with Crippen molar-refractivity contribution >= 4 is 50.0 Å². The molecule has 0 saturated carbocycles. The third-order valence-electron chi connectivity index (χ3n) is 4.04. The SMILES string of the molecule is CC(C)CC(N=C1NS(=O)(=O)c2ccccc21)C(=O)Nc1cccc(I)c1. The quantitative estimate of drug-likeness (QED) is 0.621. The normalized spacial score (nSPS) is 17.4. The van der Waals surface area contributed by atoms with Gasteiger partial charge in [0.25, 0.3) is 10.0 Å². The molecule has 8 heteroatoms. The maximum atomic E-state index is 12.8. The Hall–Kier alpha value is -1.94. The van der Waals surface area contributed by atoms with Gasteiger partial charge in [-0.3, -0.25) is 14.5 Å². The number of sulfonamides is 1. The van der Waals surface area contributed by atoms with E-state index in [0.717, 1.165) is 3.57 Å². The van der Waals surface area contributed by atoms with E-state index < -0.39 is 16.1 Å². The third-order valence-corrected chi connectivity index (χ3v) is 6.11. The van der Waals surface area contributed by atoms with Gasteiger partial charge < -0.3 is 5.32 Å². The predicted molar refractivity (Wildman–Crippen MR) is 114 cm³/mol. The first-order chi connectivity index (χ1) is 12.8. The van der Waals surface area contributed by atoms with Crippen LogP contribution in [0.15, 0.2) is 58.4 Å². The Bertz CT molecular complexity index is 1000. The van der Waals surface area contributed by atoms with Gasteiger partial charge in [-0.15, -0.1) is 0 Å². The molecular weight excluding hydrogens is 477 g/mol. The zero-order valence-corrected chi connectivity index (χ0v) is 17.9. The second-order valence-electron chi connectivity index (χ2n) is 6.72. The summed E-state index contributed by atoms with van der Waals surface area (Å²) in [4.78, 5) is 17.5. The molecule has 0 aromatic heterocycles. The van der Waals surface area contributed by atoms with Crippen LogP contribution >= 0.6 is 22.6 Å². The van der Waals surface area contributed by atoms with Crippen molar-refractivity contribution in [2.45, 2.75) is 31.2 Å². The van der Waals surface area contributed by atoms with Crippen molar-refractivity contribution in [3.8, 4) is 0 Å². The lowest BCUT2D eigenvalue weighted by Gasteiger charge is -2.16. The summed E-state index contributed by atoms with van der Waals surface area (Å²) in [5, 5.41) is 2.88. The second kappa shape index (κ2) is 7.97. The molecule has 1 amide bonds. The average molecular weight is 497 g/mol. The Morgan fingerprint density at radius 3 is 2.63 bits per heavy atom. The van der Waals surface area contributed by atoms with Gasteiger partial charge >= 0.3 is 0 Å². The molecule has 27 heavy (non-hydrogen) atoms. The number of anilines is 1. The Morgan fingerprint density at radius 2 is 1.93 bits per heavy atom.